The van der Waals surface area contributed by atoms with Crippen LogP contribution in [0.25, 0.3) is 134 Å². The Hall–Kier alpha value is -16.4. The molecule has 0 aliphatic heterocycles. The van der Waals surface area contributed by atoms with Gasteiger partial charge in [0.2, 0.25) is 0 Å². The van der Waals surface area contributed by atoms with E-state index in [1.165, 1.54) is 0 Å². The Balaban J connectivity index is 1.01. The summed E-state index contributed by atoms with van der Waals surface area (Å²) in [7, 11) is -1.89. The van der Waals surface area contributed by atoms with Gasteiger partial charge in [-0.1, -0.05) is 546 Å². The van der Waals surface area contributed by atoms with E-state index in [-0.39, 0.29) is 0 Å². The zero-order valence-corrected chi connectivity index (χ0v) is 73.5. The first kappa shape index (κ1) is 83.5. The number of benzene rings is 21. The molecule has 0 unspecified atom stereocenters. The van der Waals surface area contributed by atoms with Crippen molar-refractivity contribution in [3.63, 3.8) is 0 Å². The van der Waals surface area contributed by atoms with E-state index in [0.717, 1.165) is 184 Å². The molecule has 630 valence electrons. The molecule has 0 radical (unpaired) electrons. The van der Waals surface area contributed by atoms with E-state index in [1.54, 1.807) is 0 Å². The first-order valence-electron chi connectivity index (χ1n) is 45.7. The van der Waals surface area contributed by atoms with E-state index in [4.69, 9.17) is 0 Å². The van der Waals surface area contributed by atoms with Crippen molar-refractivity contribution in [2.24, 2.45) is 0 Å². The molecule has 0 bridgehead atoms. The van der Waals surface area contributed by atoms with Crippen LogP contribution in [0.1, 0.15) is 50.1 Å². The highest BCUT2D eigenvalue weighted by Crippen LogP contribution is 2.61. The van der Waals surface area contributed by atoms with Gasteiger partial charge in [-0.05, 0) is 185 Å². The molecular weight excluding hydrogens is 1610 g/mol. The molecular formula is C129H93BO3. The summed E-state index contributed by atoms with van der Waals surface area (Å²) in [5, 5.41) is 0. The van der Waals surface area contributed by atoms with Gasteiger partial charge in [0.25, 0.3) is 0 Å². The summed E-state index contributed by atoms with van der Waals surface area (Å²) in [6, 6.07) is 204. The maximum absolute atomic E-state index is 9.72. The van der Waals surface area contributed by atoms with Crippen LogP contribution in [0.5, 0.6) is 0 Å². The lowest BCUT2D eigenvalue weighted by Gasteiger charge is -2.47. The van der Waals surface area contributed by atoms with Gasteiger partial charge < -0.3 is 14.0 Å². The summed E-state index contributed by atoms with van der Waals surface area (Å²) >= 11 is 0. The topological polar surface area (TPSA) is 27.7 Å². The van der Waals surface area contributed by atoms with Crippen LogP contribution in [0.3, 0.4) is 0 Å². The van der Waals surface area contributed by atoms with Crippen LogP contribution >= 0.6 is 0 Å². The zero-order valence-electron chi connectivity index (χ0n) is 73.5. The zero-order chi connectivity index (χ0) is 89.0. The Bertz CT molecular complexity index is 6620. The molecule has 3 nitrogen and oxygen atoms in total. The van der Waals surface area contributed by atoms with Gasteiger partial charge in [0, 0.05) is 16.7 Å². The van der Waals surface area contributed by atoms with Gasteiger partial charge in [0.05, 0.1) is 0 Å². The monoisotopic (exact) mass is 1700 g/mol. The molecule has 133 heavy (non-hydrogen) atoms. The maximum atomic E-state index is 9.72. The molecule has 0 amide bonds. The van der Waals surface area contributed by atoms with Crippen molar-refractivity contribution < 1.29 is 14.0 Å². The Morgan fingerprint density at radius 1 is 0.120 bits per heavy atom. The van der Waals surface area contributed by atoms with Gasteiger partial charge in [-0.25, -0.2) is 0 Å². The standard InChI is InChI=1S/C129H93BO3/c1-19-55-94(56-20-1)112-91-115(121(100-67-31-7-32-68-100)124(103-73-37-10-38-74-103)118(112)97-61-25-4-26-62-97)127(106-79-43-13-44-80-106,107-81-45-14-46-82-107)131-130(132-128(108-83-47-15-48-84-108,109-85-49-16-50-86-109)116-92-113(95-57-21-2-22-58-95)119(98-63-27-5-28-64-98)125(104-75-39-11-40-76-104)122(116)101-69-33-8-34-70-101)133-129(110-87-51-17-52-88-110,111-89-53-18-54-90-111)117-93-114(96-59-23-3-24-60-96)120(99-65-29-6-30-66-99)126(105-77-41-12-42-78-105)123(117)102-71-35-9-36-72-102/h1-93H. The van der Waals surface area contributed by atoms with Gasteiger partial charge in [-0.3, -0.25) is 0 Å². The molecule has 0 saturated heterocycles. The first-order chi connectivity index (χ1) is 66.0. The van der Waals surface area contributed by atoms with Crippen molar-refractivity contribution in [2.75, 3.05) is 0 Å². The third-order valence-electron chi connectivity index (χ3n) is 25.8. The van der Waals surface area contributed by atoms with Crippen LogP contribution in [-0.2, 0) is 30.8 Å². The highest BCUT2D eigenvalue weighted by atomic mass is 16.8. The summed E-state index contributed by atoms with van der Waals surface area (Å²) in [6.45, 7) is 0. The Morgan fingerprint density at radius 2 is 0.241 bits per heavy atom. The molecule has 0 aliphatic rings. The number of hydrogen-bond acceptors (Lipinski definition) is 3. The SMILES string of the molecule is c1ccc(-c2cc(C(OB(OC(c3ccccc3)(c3ccccc3)c3cc(-c4ccccc4)c(-c4ccccc4)c(-c4ccccc4)c3-c3ccccc3)OC(c3ccccc3)(c3ccccc3)c3cc(-c4ccccc4)c(-c4ccccc4)c(-c4ccccc4)c3-c3ccccc3)(c3ccccc3)c3ccccc3)c(-c3ccccc3)c(-c3ccccc3)c2-c2ccccc2)cc1. The van der Waals surface area contributed by atoms with Crippen LogP contribution in [0.4, 0.5) is 0 Å². The van der Waals surface area contributed by atoms with Crippen molar-refractivity contribution in [2.45, 2.75) is 16.8 Å². The Kier molecular flexibility index (Phi) is 23.9. The number of hydrogen-bond donors (Lipinski definition) is 0. The maximum Gasteiger partial charge on any atom is 0.643 e. The molecule has 0 N–H and O–H groups in total. The fourth-order valence-electron chi connectivity index (χ4n) is 20.1. The minimum atomic E-state index is -1.89. The van der Waals surface area contributed by atoms with Gasteiger partial charge in [0.15, 0.2) is 0 Å². The van der Waals surface area contributed by atoms with Gasteiger partial charge in [0.1, 0.15) is 16.8 Å². The van der Waals surface area contributed by atoms with Crippen LogP contribution in [-0.4, -0.2) is 7.32 Å². The predicted octanol–water partition coefficient (Wildman–Crippen LogP) is 33.0. The fraction of sp³-hybridized carbons (Fsp3) is 0.0233. The molecule has 0 spiro atoms. The smallest absolute Gasteiger partial charge is 0.367 e. The lowest BCUT2D eigenvalue weighted by molar-refractivity contribution is -0.0357. The van der Waals surface area contributed by atoms with Gasteiger partial charge in [-0.15, -0.1) is 0 Å². The normalized spacial score (nSPS) is 11.5. The van der Waals surface area contributed by atoms with E-state index in [1.807, 2.05) is 0 Å². The van der Waals surface area contributed by atoms with E-state index >= 15 is 0 Å². The molecule has 0 aromatic heterocycles. The molecule has 0 saturated carbocycles. The van der Waals surface area contributed by atoms with E-state index < -0.39 is 24.1 Å². The number of rotatable bonds is 27. The molecule has 4 heteroatoms. The summed E-state index contributed by atoms with van der Waals surface area (Å²) in [6.07, 6.45) is 0. The minimum absolute atomic E-state index is 0.793. The lowest BCUT2D eigenvalue weighted by atomic mass is 9.70. The molecule has 21 aromatic carbocycles. The average molecular weight is 1700 g/mol. The highest BCUT2D eigenvalue weighted by Gasteiger charge is 2.56. The van der Waals surface area contributed by atoms with Crippen LogP contribution in [0.15, 0.2) is 564 Å². The van der Waals surface area contributed by atoms with Crippen molar-refractivity contribution >= 4 is 7.32 Å². The summed E-state index contributed by atoms with van der Waals surface area (Å²) < 4.78 is 29.2. The quantitative estimate of drug-likeness (QED) is 0.0379. The Labute approximate surface area is 780 Å². The van der Waals surface area contributed by atoms with Crippen LogP contribution in [0, 0.1) is 0 Å². The van der Waals surface area contributed by atoms with E-state index in [0.29, 0.717) is 0 Å². The fourth-order valence-corrected chi connectivity index (χ4v) is 20.1. The second kappa shape index (κ2) is 38.1. The molecule has 21 aromatic rings. The molecule has 0 atom stereocenters. The molecule has 0 aliphatic carbocycles. The Morgan fingerprint density at radius 3 is 0.391 bits per heavy atom. The highest BCUT2D eigenvalue weighted by molar-refractivity contribution is 6.37. The summed E-state index contributed by atoms with van der Waals surface area (Å²) in [5.41, 5.74) is 25.6. The van der Waals surface area contributed by atoms with Crippen LogP contribution < -0.4 is 0 Å². The van der Waals surface area contributed by atoms with Crippen molar-refractivity contribution in [3.8, 4) is 134 Å². The lowest BCUT2D eigenvalue weighted by Crippen LogP contribution is -2.51. The minimum Gasteiger partial charge on any atom is -0.367 e. The van der Waals surface area contributed by atoms with Gasteiger partial charge >= 0.3 is 7.32 Å². The molecule has 0 fully saturated rings. The third-order valence-corrected chi connectivity index (χ3v) is 25.8. The average Bonchev–Trinajstić information content (AvgIpc) is 0.707. The second-order valence-electron chi connectivity index (χ2n) is 33.6. The van der Waals surface area contributed by atoms with E-state index in [2.05, 4.69) is 564 Å². The summed E-state index contributed by atoms with van der Waals surface area (Å²) in [5.74, 6) is 0. The molecule has 21 rings (SSSR count). The van der Waals surface area contributed by atoms with Crippen LogP contribution in [0.2, 0.25) is 0 Å². The van der Waals surface area contributed by atoms with Crippen molar-refractivity contribution in [1.29, 1.82) is 0 Å². The van der Waals surface area contributed by atoms with Crippen molar-refractivity contribution in [1.82, 2.24) is 0 Å². The van der Waals surface area contributed by atoms with Crippen molar-refractivity contribution in [3.05, 3.63) is 614 Å². The molecule has 0 heterocycles. The van der Waals surface area contributed by atoms with Gasteiger partial charge in [-0.2, -0.15) is 0 Å². The summed E-state index contributed by atoms with van der Waals surface area (Å²) in [4.78, 5) is 0. The second-order valence-corrected chi connectivity index (χ2v) is 33.6. The third kappa shape index (κ3) is 16.1. The first-order valence-corrected chi connectivity index (χ1v) is 45.7. The van der Waals surface area contributed by atoms with E-state index in [9.17, 15) is 14.0 Å². The predicted molar refractivity (Wildman–Crippen MR) is 552 cm³/mol. The largest absolute Gasteiger partial charge is 0.643 e.